The number of hydrogen-bond acceptors (Lipinski definition) is 3. The van der Waals surface area contributed by atoms with Crippen molar-refractivity contribution in [1.82, 2.24) is 0 Å². The first-order valence-corrected chi connectivity index (χ1v) is 9.35. The molecule has 0 atom stereocenters. The fourth-order valence-electron chi connectivity index (χ4n) is 2.47. The van der Waals surface area contributed by atoms with E-state index >= 15 is 0 Å². The van der Waals surface area contributed by atoms with E-state index in [1.54, 1.807) is 12.1 Å². The first-order chi connectivity index (χ1) is 11.7. The zero-order chi connectivity index (χ0) is 17.5. The second-order valence-electron chi connectivity index (χ2n) is 6.21. The minimum atomic E-state index is -0.315. The average Bonchev–Trinajstić information content (AvgIpc) is 2.59. The fourth-order valence-corrected chi connectivity index (χ4v) is 2.47. The summed E-state index contributed by atoms with van der Waals surface area (Å²) in [6.07, 6.45) is 16.7. The Balaban J connectivity index is 1.91. The van der Waals surface area contributed by atoms with Gasteiger partial charge in [0.05, 0.1) is 12.2 Å². The van der Waals surface area contributed by atoms with Crippen LogP contribution in [-0.2, 0) is 4.74 Å². The molecule has 0 unspecified atom stereocenters. The highest BCUT2D eigenvalue weighted by molar-refractivity contribution is 5.89. The van der Waals surface area contributed by atoms with Gasteiger partial charge < -0.3 is 9.84 Å². The third-order valence-electron chi connectivity index (χ3n) is 3.99. The number of aromatic hydroxyl groups is 1. The van der Waals surface area contributed by atoms with Gasteiger partial charge in [-0.25, -0.2) is 4.79 Å². The Hall–Kier alpha value is -1.77. The van der Waals surface area contributed by atoms with Crippen molar-refractivity contribution in [2.24, 2.45) is 0 Å². The molecule has 0 aliphatic heterocycles. The number of esters is 1. The zero-order valence-electron chi connectivity index (χ0n) is 15.0. The molecule has 1 aromatic carbocycles. The molecular weight excluding hydrogens is 300 g/mol. The van der Waals surface area contributed by atoms with E-state index in [1.165, 1.54) is 63.5 Å². The normalized spacial score (nSPS) is 11.0. The van der Waals surface area contributed by atoms with Crippen molar-refractivity contribution < 1.29 is 14.6 Å². The van der Waals surface area contributed by atoms with E-state index in [0.717, 1.165) is 12.8 Å². The Bertz CT molecular complexity index is 462. The lowest BCUT2D eigenvalue weighted by atomic mass is 10.1. The first kappa shape index (κ1) is 20.3. The largest absolute Gasteiger partial charge is 0.508 e. The molecule has 1 rings (SSSR count). The molecule has 0 aliphatic carbocycles. The van der Waals surface area contributed by atoms with Gasteiger partial charge in [-0.3, -0.25) is 0 Å². The van der Waals surface area contributed by atoms with E-state index in [9.17, 15) is 9.90 Å². The number of allylic oxidation sites excluding steroid dienone is 2. The van der Waals surface area contributed by atoms with Crippen molar-refractivity contribution in [2.45, 2.75) is 71.1 Å². The van der Waals surface area contributed by atoms with Crippen molar-refractivity contribution in [3.63, 3.8) is 0 Å². The highest BCUT2D eigenvalue weighted by Crippen LogP contribution is 2.12. The molecule has 0 bridgehead atoms. The van der Waals surface area contributed by atoms with Crippen LogP contribution in [-0.4, -0.2) is 17.7 Å². The highest BCUT2D eigenvalue weighted by atomic mass is 16.5. The molecule has 1 N–H and O–H groups in total. The summed E-state index contributed by atoms with van der Waals surface area (Å²) in [5.74, 6) is -0.159. The Morgan fingerprint density at radius 3 is 2.17 bits per heavy atom. The van der Waals surface area contributed by atoms with Crippen LogP contribution < -0.4 is 0 Å². The lowest BCUT2D eigenvalue weighted by molar-refractivity contribution is 0.0497. The van der Waals surface area contributed by atoms with Crippen molar-refractivity contribution in [3.8, 4) is 5.75 Å². The molecule has 0 amide bonds. The molecule has 0 aromatic heterocycles. The number of carbonyl (C=O) groups is 1. The van der Waals surface area contributed by atoms with Crippen LogP contribution >= 0.6 is 0 Å². The average molecular weight is 332 g/mol. The minimum absolute atomic E-state index is 0.156. The smallest absolute Gasteiger partial charge is 0.338 e. The number of unbranched alkanes of at least 4 members (excludes halogenated alkanes) is 8. The number of phenolic OH excluding ortho intramolecular Hbond substituents is 1. The van der Waals surface area contributed by atoms with Crippen LogP contribution in [0.1, 0.15) is 81.5 Å². The second-order valence-corrected chi connectivity index (χ2v) is 6.21. The molecular formula is C21H32O3. The third kappa shape index (κ3) is 10.1. The second kappa shape index (κ2) is 13.6. The molecule has 0 saturated carbocycles. The van der Waals surface area contributed by atoms with Crippen LogP contribution in [0.4, 0.5) is 0 Å². The van der Waals surface area contributed by atoms with E-state index < -0.39 is 0 Å². The van der Waals surface area contributed by atoms with Crippen LogP contribution in [0.25, 0.3) is 0 Å². The van der Waals surface area contributed by atoms with Gasteiger partial charge in [-0.05, 0) is 49.9 Å². The molecule has 0 aliphatic rings. The van der Waals surface area contributed by atoms with Crippen molar-refractivity contribution in [2.75, 3.05) is 6.61 Å². The lowest BCUT2D eigenvalue weighted by Gasteiger charge is -2.05. The summed E-state index contributed by atoms with van der Waals surface area (Å²) in [7, 11) is 0. The van der Waals surface area contributed by atoms with Gasteiger partial charge in [-0.1, -0.05) is 57.6 Å². The molecule has 134 valence electrons. The molecule has 0 fully saturated rings. The first-order valence-electron chi connectivity index (χ1n) is 9.35. The van der Waals surface area contributed by atoms with E-state index in [4.69, 9.17) is 4.74 Å². The zero-order valence-corrected chi connectivity index (χ0v) is 15.0. The van der Waals surface area contributed by atoms with Crippen molar-refractivity contribution in [3.05, 3.63) is 42.0 Å². The maximum atomic E-state index is 11.7. The molecule has 3 nitrogen and oxygen atoms in total. The van der Waals surface area contributed by atoms with Crippen LogP contribution in [0.2, 0.25) is 0 Å². The van der Waals surface area contributed by atoms with E-state index in [2.05, 4.69) is 19.1 Å². The summed E-state index contributed by atoms with van der Waals surface area (Å²) < 4.78 is 5.23. The molecule has 0 radical (unpaired) electrons. The highest BCUT2D eigenvalue weighted by Gasteiger charge is 2.06. The molecule has 1 aromatic rings. The van der Waals surface area contributed by atoms with E-state index in [1.807, 2.05) is 0 Å². The van der Waals surface area contributed by atoms with Gasteiger partial charge in [0.2, 0.25) is 0 Å². The van der Waals surface area contributed by atoms with Gasteiger partial charge in [0.25, 0.3) is 0 Å². The Kier molecular flexibility index (Phi) is 11.5. The molecule has 0 heterocycles. The molecule has 0 saturated heterocycles. The van der Waals surface area contributed by atoms with Gasteiger partial charge in [0.15, 0.2) is 0 Å². The number of hydrogen-bond donors (Lipinski definition) is 1. The minimum Gasteiger partial charge on any atom is -0.508 e. The summed E-state index contributed by atoms with van der Waals surface area (Å²) in [5.41, 5.74) is 0.486. The van der Waals surface area contributed by atoms with Crippen LogP contribution in [0.15, 0.2) is 36.4 Å². The predicted molar refractivity (Wildman–Crippen MR) is 99.4 cm³/mol. The lowest BCUT2D eigenvalue weighted by Crippen LogP contribution is -2.06. The molecule has 0 spiro atoms. The SMILES string of the molecule is CCCC/C=C/CCCCCCCCOC(=O)c1ccc(O)cc1. The van der Waals surface area contributed by atoms with Gasteiger partial charge >= 0.3 is 5.97 Å². The van der Waals surface area contributed by atoms with E-state index in [0.29, 0.717) is 12.2 Å². The van der Waals surface area contributed by atoms with Crippen LogP contribution in [0.3, 0.4) is 0 Å². The Labute approximate surface area is 146 Å². The van der Waals surface area contributed by atoms with Crippen molar-refractivity contribution in [1.29, 1.82) is 0 Å². The maximum Gasteiger partial charge on any atom is 0.338 e. The summed E-state index contributed by atoms with van der Waals surface area (Å²) in [4.78, 5) is 11.7. The summed E-state index contributed by atoms with van der Waals surface area (Å²) >= 11 is 0. The van der Waals surface area contributed by atoms with Gasteiger partial charge in [-0.15, -0.1) is 0 Å². The Morgan fingerprint density at radius 1 is 0.917 bits per heavy atom. The van der Waals surface area contributed by atoms with Crippen LogP contribution in [0.5, 0.6) is 5.75 Å². The van der Waals surface area contributed by atoms with Crippen molar-refractivity contribution >= 4 is 5.97 Å². The summed E-state index contributed by atoms with van der Waals surface area (Å²) in [5, 5.41) is 9.18. The predicted octanol–water partition coefficient (Wildman–Crippen LogP) is 6.03. The number of benzene rings is 1. The standard InChI is InChI=1S/C21H32O3/c1-2-3-4-5-6-7-8-9-10-11-12-13-18-24-21(23)19-14-16-20(22)17-15-19/h5-6,14-17,22H,2-4,7-13,18H2,1H3/b6-5+. The number of ether oxygens (including phenoxy) is 1. The molecule has 24 heavy (non-hydrogen) atoms. The monoisotopic (exact) mass is 332 g/mol. The van der Waals surface area contributed by atoms with Gasteiger partial charge in [0, 0.05) is 0 Å². The fraction of sp³-hybridized carbons (Fsp3) is 0.571. The quantitative estimate of drug-likeness (QED) is 0.273. The number of rotatable bonds is 13. The number of carbonyl (C=O) groups excluding carboxylic acids is 1. The van der Waals surface area contributed by atoms with Crippen LogP contribution in [0, 0.1) is 0 Å². The van der Waals surface area contributed by atoms with Gasteiger partial charge in [0.1, 0.15) is 5.75 Å². The van der Waals surface area contributed by atoms with Gasteiger partial charge in [-0.2, -0.15) is 0 Å². The Morgan fingerprint density at radius 2 is 1.50 bits per heavy atom. The molecule has 3 heteroatoms. The topological polar surface area (TPSA) is 46.5 Å². The third-order valence-corrected chi connectivity index (χ3v) is 3.99. The summed E-state index contributed by atoms with van der Waals surface area (Å²) in [6.45, 7) is 2.70. The summed E-state index contributed by atoms with van der Waals surface area (Å²) in [6, 6.07) is 6.15. The van der Waals surface area contributed by atoms with E-state index in [-0.39, 0.29) is 11.7 Å². The maximum absolute atomic E-state index is 11.7. The number of phenols is 1.